The van der Waals surface area contributed by atoms with Crippen molar-refractivity contribution in [3.05, 3.63) is 0 Å². The third-order valence-electron chi connectivity index (χ3n) is 9.12. The lowest BCUT2D eigenvalue weighted by Crippen LogP contribution is -2.32. The van der Waals surface area contributed by atoms with Crippen molar-refractivity contribution in [1.29, 1.82) is 0 Å². The van der Waals surface area contributed by atoms with Crippen LogP contribution in [0.25, 0.3) is 0 Å². The molecular formula is C36H76IP. The maximum atomic E-state index is 3.50. The maximum absolute atomic E-state index is 3.50. The van der Waals surface area contributed by atoms with Gasteiger partial charge in [0.25, 0.3) is 0 Å². The average molecular weight is 667 g/mol. The average Bonchev–Trinajstić information content (AvgIpc) is 2.90. The fraction of sp³-hybridized carbons (Fsp3) is 1.00. The Morgan fingerprint density at radius 3 is 0.921 bits per heavy atom. The van der Waals surface area contributed by atoms with Crippen molar-refractivity contribution in [3.8, 4) is 0 Å². The van der Waals surface area contributed by atoms with Crippen molar-refractivity contribution >= 4 is 33.2 Å². The van der Waals surface area contributed by atoms with Gasteiger partial charge in [-0.15, -0.1) is 33.2 Å². The molecule has 0 saturated carbocycles. The molecule has 0 N–H and O–H groups in total. The predicted molar refractivity (Wildman–Crippen MR) is 193 cm³/mol. The standard InChI is InChI=1S/C36H75P.HI/c1-5-9-13-17-18-19-20-21-22-23-24-25-26-28-32-35(31-27-14-10-6-2)36(37,33-29-15-11-7-3)34-30-16-12-8-4;/h35H,5-34,37H2,1-4H3;1H. The van der Waals surface area contributed by atoms with Gasteiger partial charge in [-0.1, -0.05) is 195 Å². The molecule has 0 aliphatic carbocycles. The van der Waals surface area contributed by atoms with Crippen molar-refractivity contribution in [1.82, 2.24) is 0 Å². The van der Waals surface area contributed by atoms with Crippen LogP contribution in [0.1, 0.15) is 220 Å². The number of unbranched alkanes of at least 4 members (excludes halogenated alkanes) is 22. The van der Waals surface area contributed by atoms with Gasteiger partial charge in [-0.05, 0) is 36.8 Å². The summed E-state index contributed by atoms with van der Waals surface area (Å²) in [6, 6.07) is 0. The zero-order valence-electron chi connectivity index (χ0n) is 27.3. The molecule has 232 valence electrons. The van der Waals surface area contributed by atoms with Gasteiger partial charge in [-0.25, -0.2) is 0 Å². The second-order valence-corrected chi connectivity index (χ2v) is 13.9. The van der Waals surface area contributed by atoms with Crippen LogP contribution >= 0.6 is 33.2 Å². The normalized spacial score (nSPS) is 12.6. The van der Waals surface area contributed by atoms with Crippen LogP contribution in [0.4, 0.5) is 0 Å². The lowest BCUT2D eigenvalue weighted by molar-refractivity contribution is 0.270. The summed E-state index contributed by atoms with van der Waals surface area (Å²) in [4.78, 5) is 0. The number of rotatable bonds is 31. The quantitative estimate of drug-likeness (QED) is 0.0392. The first-order valence-electron chi connectivity index (χ1n) is 17.9. The van der Waals surface area contributed by atoms with E-state index in [1.54, 1.807) is 0 Å². The van der Waals surface area contributed by atoms with Gasteiger partial charge >= 0.3 is 0 Å². The van der Waals surface area contributed by atoms with E-state index in [1.807, 2.05) is 0 Å². The zero-order valence-corrected chi connectivity index (χ0v) is 30.8. The van der Waals surface area contributed by atoms with Gasteiger partial charge in [-0.3, -0.25) is 0 Å². The molecule has 0 aliphatic heterocycles. The van der Waals surface area contributed by atoms with Gasteiger partial charge < -0.3 is 0 Å². The molecule has 38 heavy (non-hydrogen) atoms. The van der Waals surface area contributed by atoms with Crippen LogP contribution in [0.2, 0.25) is 0 Å². The van der Waals surface area contributed by atoms with E-state index in [4.69, 9.17) is 0 Å². The Morgan fingerprint density at radius 1 is 0.368 bits per heavy atom. The van der Waals surface area contributed by atoms with E-state index in [0.29, 0.717) is 5.16 Å². The molecule has 0 aromatic carbocycles. The molecule has 0 bridgehead atoms. The number of hydrogen-bond acceptors (Lipinski definition) is 0. The summed E-state index contributed by atoms with van der Waals surface area (Å²) in [6.45, 7) is 9.37. The first-order valence-corrected chi connectivity index (χ1v) is 18.5. The molecule has 2 unspecified atom stereocenters. The van der Waals surface area contributed by atoms with E-state index in [0.717, 1.165) is 5.92 Å². The molecule has 0 aliphatic rings. The lowest BCUT2D eigenvalue weighted by Gasteiger charge is -2.39. The summed E-state index contributed by atoms with van der Waals surface area (Å²) in [7, 11) is 3.50. The van der Waals surface area contributed by atoms with Crippen LogP contribution in [0, 0.1) is 5.92 Å². The van der Waals surface area contributed by atoms with Crippen LogP contribution in [0.5, 0.6) is 0 Å². The molecular weight excluding hydrogens is 590 g/mol. The third kappa shape index (κ3) is 26.1. The summed E-state index contributed by atoms with van der Waals surface area (Å²) in [5.74, 6) is 0.940. The van der Waals surface area contributed by atoms with E-state index in [1.165, 1.54) is 193 Å². The highest BCUT2D eigenvalue weighted by Crippen LogP contribution is 2.44. The summed E-state index contributed by atoms with van der Waals surface area (Å²) in [6.07, 6.45) is 43.6. The van der Waals surface area contributed by atoms with Crippen molar-refractivity contribution in [3.63, 3.8) is 0 Å². The van der Waals surface area contributed by atoms with Crippen LogP contribution in [-0.2, 0) is 0 Å². The fourth-order valence-corrected chi connectivity index (χ4v) is 7.16. The minimum absolute atomic E-state index is 0. The Balaban J connectivity index is 0. The first-order chi connectivity index (χ1) is 18.1. The molecule has 0 nitrogen and oxygen atoms in total. The molecule has 0 fully saturated rings. The molecule has 0 heterocycles. The van der Waals surface area contributed by atoms with E-state index < -0.39 is 0 Å². The minimum Gasteiger partial charge on any atom is -0.131 e. The van der Waals surface area contributed by atoms with Crippen LogP contribution in [0.3, 0.4) is 0 Å². The van der Waals surface area contributed by atoms with Gasteiger partial charge in [0.15, 0.2) is 0 Å². The van der Waals surface area contributed by atoms with E-state index in [2.05, 4.69) is 36.9 Å². The Kier molecular flexibility index (Phi) is 35.5. The largest absolute Gasteiger partial charge is 0.131 e. The topological polar surface area (TPSA) is 0 Å². The zero-order chi connectivity index (χ0) is 27.3. The summed E-state index contributed by atoms with van der Waals surface area (Å²) >= 11 is 0. The maximum Gasteiger partial charge on any atom is -0.0122 e. The molecule has 0 spiro atoms. The highest BCUT2D eigenvalue weighted by molar-refractivity contribution is 14.0. The lowest BCUT2D eigenvalue weighted by atomic mass is 9.77. The number of hydrogen-bond donors (Lipinski definition) is 0. The molecule has 2 atom stereocenters. The van der Waals surface area contributed by atoms with Crippen molar-refractivity contribution in [2.75, 3.05) is 0 Å². The van der Waals surface area contributed by atoms with Gasteiger partial charge in [-0.2, -0.15) is 0 Å². The Hall–Kier alpha value is 1.16. The Morgan fingerprint density at radius 2 is 0.605 bits per heavy atom. The molecule has 0 amide bonds. The van der Waals surface area contributed by atoms with Gasteiger partial charge in [0.1, 0.15) is 0 Å². The van der Waals surface area contributed by atoms with Crippen LogP contribution in [-0.4, -0.2) is 5.16 Å². The second-order valence-electron chi connectivity index (χ2n) is 12.8. The fourth-order valence-electron chi connectivity index (χ4n) is 6.42. The Labute approximate surface area is 263 Å². The summed E-state index contributed by atoms with van der Waals surface area (Å²) in [5.41, 5.74) is 0. The smallest absolute Gasteiger partial charge is 0.0122 e. The van der Waals surface area contributed by atoms with E-state index >= 15 is 0 Å². The van der Waals surface area contributed by atoms with E-state index in [-0.39, 0.29) is 24.0 Å². The molecule has 2 heteroatoms. The summed E-state index contributed by atoms with van der Waals surface area (Å²) < 4.78 is 0. The first kappa shape index (κ1) is 41.3. The highest BCUT2D eigenvalue weighted by Gasteiger charge is 2.32. The molecule has 0 rings (SSSR count). The van der Waals surface area contributed by atoms with E-state index in [9.17, 15) is 0 Å². The van der Waals surface area contributed by atoms with Crippen molar-refractivity contribution in [2.45, 2.75) is 225 Å². The van der Waals surface area contributed by atoms with Gasteiger partial charge in [0, 0.05) is 0 Å². The van der Waals surface area contributed by atoms with Crippen molar-refractivity contribution in [2.24, 2.45) is 5.92 Å². The molecule has 0 radical (unpaired) electrons. The SMILES string of the molecule is CCCCCCCCCCCCCCCCC(CCCCCC)C(P)(CCCCCC)CCCCCC.I. The van der Waals surface area contributed by atoms with Crippen LogP contribution < -0.4 is 0 Å². The molecule has 0 aromatic heterocycles. The Bertz CT molecular complexity index is 412. The predicted octanol–water partition coefficient (Wildman–Crippen LogP) is 14.6. The van der Waals surface area contributed by atoms with Crippen LogP contribution in [0.15, 0.2) is 0 Å². The van der Waals surface area contributed by atoms with Gasteiger partial charge in [0.2, 0.25) is 0 Å². The minimum atomic E-state index is 0. The number of halogens is 1. The monoisotopic (exact) mass is 666 g/mol. The third-order valence-corrected chi connectivity index (χ3v) is 10.2. The molecule has 0 aromatic rings. The molecule has 0 saturated heterocycles. The van der Waals surface area contributed by atoms with Crippen molar-refractivity contribution < 1.29 is 0 Å². The summed E-state index contributed by atoms with van der Waals surface area (Å²) in [5, 5.41) is 0.518. The van der Waals surface area contributed by atoms with Gasteiger partial charge in [0.05, 0.1) is 0 Å². The highest BCUT2D eigenvalue weighted by atomic mass is 127. The second kappa shape index (κ2) is 32.7.